The van der Waals surface area contributed by atoms with Gasteiger partial charge in [0.1, 0.15) is 5.60 Å². The number of carbonyl (C=O) groups excluding carboxylic acids is 1. The van der Waals surface area contributed by atoms with E-state index in [1.807, 2.05) is 43.9 Å². The number of rotatable bonds is 1. The van der Waals surface area contributed by atoms with Gasteiger partial charge in [0.2, 0.25) is 0 Å². The summed E-state index contributed by atoms with van der Waals surface area (Å²) in [5.41, 5.74) is 0.640. The molecule has 1 N–H and O–H groups in total. The lowest BCUT2D eigenvalue weighted by atomic mass is 10.0. The molecule has 4 nitrogen and oxygen atoms in total. The van der Waals surface area contributed by atoms with Crippen LogP contribution in [0.25, 0.3) is 0 Å². The van der Waals surface area contributed by atoms with Gasteiger partial charge in [-0.15, -0.1) is 0 Å². The van der Waals surface area contributed by atoms with E-state index in [1.165, 1.54) is 0 Å². The number of nitrogens with one attached hydrogen (secondary N) is 1. The maximum absolute atomic E-state index is 12.3. The predicted octanol–water partition coefficient (Wildman–Crippen LogP) is 3.33. The predicted molar refractivity (Wildman–Crippen MR) is 82.7 cm³/mol. The molecule has 1 aliphatic rings. The second kappa shape index (κ2) is 6.14. The monoisotopic (exact) mass is 340 g/mol. The van der Waals surface area contributed by atoms with Gasteiger partial charge in [-0.1, -0.05) is 28.1 Å². The van der Waals surface area contributed by atoms with Crippen LogP contribution in [0.4, 0.5) is 4.79 Å². The van der Waals surface area contributed by atoms with Gasteiger partial charge in [-0.05, 0) is 38.5 Å². The fraction of sp³-hybridized carbons (Fsp3) is 0.533. The molecule has 0 saturated carbocycles. The molecule has 5 heteroatoms. The van der Waals surface area contributed by atoms with E-state index in [-0.39, 0.29) is 12.1 Å². The highest BCUT2D eigenvalue weighted by Gasteiger charge is 2.31. The third-order valence-corrected chi connectivity index (χ3v) is 3.60. The first-order valence-electron chi connectivity index (χ1n) is 6.82. The lowest BCUT2D eigenvalue weighted by molar-refractivity contribution is 0.0118. The zero-order chi connectivity index (χ0) is 14.8. The molecule has 2 rings (SSSR count). The molecule has 0 spiro atoms. The first kappa shape index (κ1) is 15.3. The molecule has 1 aromatic carbocycles. The summed E-state index contributed by atoms with van der Waals surface area (Å²) in [6.45, 7) is 7.87. The second-order valence-electron chi connectivity index (χ2n) is 5.95. The van der Waals surface area contributed by atoms with Crippen LogP contribution in [0.2, 0.25) is 0 Å². The van der Waals surface area contributed by atoms with Crippen molar-refractivity contribution >= 4 is 22.0 Å². The summed E-state index contributed by atoms with van der Waals surface area (Å²) >= 11 is 3.48. The minimum atomic E-state index is -0.468. The van der Waals surface area contributed by atoms with Gasteiger partial charge >= 0.3 is 6.09 Å². The average Bonchev–Trinajstić information content (AvgIpc) is 2.37. The van der Waals surface area contributed by atoms with E-state index >= 15 is 0 Å². The number of halogens is 1. The normalized spacial score (nSPS) is 19.8. The average molecular weight is 341 g/mol. The maximum Gasteiger partial charge on any atom is 0.410 e. The van der Waals surface area contributed by atoms with E-state index in [0.29, 0.717) is 6.54 Å². The van der Waals surface area contributed by atoms with Crippen LogP contribution < -0.4 is 5.32 Å². The van der Waals surface area contributed by atoms with Gasteiger partial charge in [-0.3, -0.25) is 4.90 Å². The van der Waals surface area contributed by atoms with Gasteiger partial charge in [-0.2, -0.15) is 0 Å². The summed E-state index contributed by atoms with van der Waals surface area (Å²) in [6, 6.07) is 8.07. The highest BCUT2D eigenvalue weighted by atomic mass is 79.9. The number of ether oxygens (including phenoxy) is 1. The minimum absolute atomic E-state index is 0.0103. The molecule has 1 atom stereocenters. The van der Waals surface area contributed by atoms with Gasteiger partial charge < -0.3 is 10.1 Å². The Labute approximate surface area is 128 Å². The van der Waals surface area contributed by atoms with Crippen LogP contribution in [0.15, 0.2) is 28.7 Å². The fourth-order valence-corrected chi connectivity index (χ4v) is 2.67. The van der Waals surface area contributed by atoms with E-state index < -0.39 is 5.60 Å². The molecule has 0 aromatic heterocycles. The molecule has 1 aliphatic heterocycles. The van der Waals surface area contributed by atoms with Crippen LogP contribution in [0, 0.1) is 0 Å². The van der Waals surface area contributed by atoms with Crippen LogP contribution in [0.3, 0.4) is 0 Å². The van der Waals surface area contributed by atoms with E-state index in [9.17, 15) is 4.79 Å². The number of benzene rings is 1. The van der Waals surface area contributed by atoms with Crippen molar-refractivity contribution in [2.45, 2.75) is 32.4 Å². The van der Waals surface area contributed by atoms with Crippen molar-refractivity contribution < 1.29 is 9.53 Å². The third kappa shape index (κ3) is 3.96. The number of hydrogen-bond acceptors (Lipinski definition) is 3. The van der Waals surface area contributed by atoms with Crippen molar-refractivity contribution in [2.75, 3.05) is 19.6 Å². The van der Waals surface area contributed by atoms with Crippen molar-refractivity contribution in [1.82, 2.24) is 10.2 Å². The fourth-order valence-electron chi connectivity index (χ4n) is 2.26. The molecule has 0 bridgehead atoms. The van der Waals surface area contributed by atoms with Gasteiger partial charge in [0, 0.05) is 24.1 Å². The first-order chi connectivity index (χ1) is 9.37. The number of nitrogens with zero attached hydrogens (tertiary/aromatic N) is 1. The first-order valence-corrected chi connectivity index (χ1v) is 7.62. The molecule has 1 fully saturated rings. The summed E-state index contributed by atoms with van der Waals surface area (Å²) < 4.78 is 6.52. The minimum Gasteiger partial charge on any atom is -0.444 e. The highest BCUT2D eigenvalue weighted by molar-refractivity contribution is 9.10. The van der Waals surface area contributed by atoms with Crippen molar-refractivity contribution in [2.24, 2.45) is 0 Å². The Balaban J connectivity index is 2.19. The van der Waals surface area contributed by atoms with Crippen molar-refractivity contribution in [3.8, 4) is 0 Å². The third-order valence-electron chi connectivity index (χ3n) is 3.10. The number of carbonyl (C=O) groups is 1. The molecule has 20 heavy (non-hydrogen) atoms. The largest absolute Gasteiger partial charge is 0.444 e. The number of hydrogen-bond donors (Lipinski definition) is 1. The molecular formula is C15H21BrN2O2. The molecule has 0 aliphatic carbocycles. The Morgan fingerprint density at radius 2 is 2.20 bits per heavy atom. The number of amides is 1. The molecule has 110 valence electrons. The Morgan fingerprint density at radius 3 is 2.85 bits per heavy atom. The molecule has 0 radical (unpaired) electrons. The standard InChI is InChI=1S/C15H21BrN2O2/c1-15(2,3)20-14(19)18-8-7-17-10-13(18)11-5-4-6-12(16)9-11/h4-6,9,13,17H,7-8,10H2,1-3H3/t13-/m1/s1. The van der Waals surface area contributed by atoms with Crippen LogP contribution in [0.5, 0.6) is 0 Å². The number of piperazine rings is 1. The van der Waals surface area contributed by atoms with Crippen molar-refractivity contribution in [3.05, 3.63) is 34.3 Å². The van der Waals surface area contributed by atoms with Gasteiger partial charge in [0.05, 0.1) is 6.04 Å². The molecule has 1 amide bonds. The van der Waals surface area contributed by atoms with E-state index in [0.717, 1.165) is 23.1 Å². The highest BCUT2D eigenvalue weighted by Crippen LogP contribution is 2.26. The Hall–Kier alpha value is -1.07. The zero-order valence-electron chi connectivity index (χ0n) is 12.1. The molecule has 0 unspecified atom stereocenters. The Kier molecular flexibility index (Phi) is 4.70. The van der Waals surface area contributed by atoms with E-state index in [4.69, 9.17) is 4.74 Å². The van der Waals surface area contributed by atoms with Crippen molar-refractivity contribution in [3.63, 3.8) is 0 Å². The lowest BCUT2D eigenvalue weighted by Crippen LogP contribution is -2.50. The van der Waals surface area contributed by atoms with Crippen LogP contribution in [-0.4, -0.2) is 36.2 Å². The van der Waals surface area contributed by atoms with Crippen LogP contribution in [-0.2, 0) is 4.74 Å². The van der Waals surface area contributed by atoms with E-state index in [1.54, 1.807) is 0 Å². The molecule has 1 saturated heterocycles. The summed E-state index contributed by atoms with van der Waals surface area (Å²) in [7, 11) is 0. The van der Waals surface area contributed by atoms with Crippen molar-refractivity contribution in [1.29, 1.82) is 0 Å². The summed E-state index contributed by atoms with van der Waals surface area (Å²) in [5.74, 6) is 0. The Bertz CT molecular complexity index is 485. The molecule has 1 aromatic rings. The van der Waals surface area contributed by atoms with Gasteiger partial charge in [0.15, 0.2) is 0 Å². The van der Waals surface area contributed by atoms with Crippen LogP contribution in [0.1, 0.15) is 32.4 Å². The smallest absolute Gasteiger partial charge is 0.410 e. The van der Waals surface area contributed by atoms with Gasteiger partial charge in [0.25, 0.3) is 0 Å². The van der Waals surface area contributed by atoms with Crippen LogP contribution >= 0.6 is 15.9 Å². The maximum atomic E-state index is 12.3. The summed E-state index contributed by atoms with van der Waals surface area (Å²) in [5, 5.41) is 3.34. The topological polar surface area (TPSA) is 41.6 Å². The molecule has 1 heterocycles. The quantitative estimate of drug-likeness (QED) is 0.852. The van der Waals surface area contributed by atoms with E-state index in [2.05, 4.69) is 27.3 Å². The Morgan fingerprint density at radius 1 is 1.45 bits per heavy atom. The summed E-state index contributed by atoms with van der Waals surface area (Å²) in [4.78, 5) is 14.2. The lowest BCUT2D eigenvalue weighted by Gasteiger charge is -2.37. The summed E-state index contributed by atoms with van der Waals surface area (Å²) in [6.07, 6.45) is -0.246. The molecular weight excluding hydrogens is 320 g/mol. The second-order valence-corrected chi connectivity index (χ2v) is 6.86. The van der Waals surface area contributed by atoms with Gasteiger partial charge in [-0.25, -0.2) is 4.79 Å². The zero-order valence-corrected chi connectivity index (χ0v) is 13.7. The SMILES string of the molecule is CC(C)(C)OC(=O)N1CCNC[C@@H]1c1cccc(Br)c1.